The second kappa shape index (κ2) is 12.8. The van der Waals surface area contributed by atoms with E-state index in [1.54, 1.807) is 42.5 Å². The molecule has 10 heteroatoms. The summed E-state index contributed by atoms with van der Waals surface area (Å²) in [6, 6.07) is 27.4. The highest BCUT2D eigenvalue weighted by Crippen LogP contribution is 2.29. The topological polar surface area (TPSA) is 88.1 Å². The van der Waals surface area contributed by atoms with E-state index in [1.165, 1.54) is 42.1 Å². The summed E-state index contributed by atoms with van der Waals surface area (Å²) in [6.07, 6.45) is 1.45. The van der Waals surface area contributed by atoms with Gasteiger partial charge < -0.3 is 4.74 Å². The van der Waals surface area contributed by atoms with Crippen LogP contribution in [0.3, 0.4) is 0 Å². The van der Waals surface area contributed by atoms with Crippen LogP contribution >= 0.6 is 23.2 Å². The maximum atomic E-state index is 13.4. The highest BCUT2D eigenvalue weighted by Gasteiger charge is 2.27. The Kier molecular flexibility index (Phi) is 9.24. The normalized spacial score (nSPS) is 11.4. The molecule has 4 aromatic rings. The van der Waals surface area contributed by atoms with E-state index in [2.05, 4.69) is 10.5 Å². The molecule has 200 valence electrons. The van der Waals surface area contributed by atoms with Gasteiger partial charge in [0.05, 0.1) is 16.8 Å². The van der Waals surface area contributed by atoms with Gasteiger partial charge in [-0.05, 0) is 72.6 Å². The predicted octanol–water partition coefficient (Wildman–Crippen LogP) is 6.23. The molecule has 0 bridgehead atoms. The average molecular weight is 583 g/mol. The number of nitrogens with one attached hydrogen (secondary N) is 1. The summed E-state index contributed by atoms with van der Waals surface area (Å²) >= 11 is 12.2. The molecular weight excluding hydrogens is 557 g/mol. The Bertz CT molecular complexity index is 1540. The van der Waals surface area contributed by atoms with Gasteiger partial charge in [-0.2, -0.15) is 5.10 Å². The first-order chi connectivity index (χ1) is 18.7. The summed E-state index contributed by atoms with van der Waals surface area (Å²) in [5.41, 5.74) is 5.50. The molecule has 4 aromatic carbocycles. The van der Waals surface area contributed by atoms with Crippen molar-refractivity contribution in [3.8, 4) is 5.75 Å². The number of hydrogen-bond donors (Lipinski definition) is 1. The molecule has 1 N–H and O–H groups in total. The van der Waals surface area contributed by atoms with Crippen LogP contribution in [-0.4, -0.2) is 27.1 Å². The minimum Gasteiger partial charge on any atom is -0.489 e. The van der Waals surface area contributed by atoms with Crippen molar-refractivity contribution in [3.05, 3.63) is 124 Å². The van der Waals surface area contributed by atoms with Crippen molar-refractivity contribution in [2.24, 2.45) is 5.10 Å². The number of halogens is 2. The number of carbonyl (C=O) groups is 1. The lowest BCUT2D eigenvalue weighted by atomic mass is 10.2. The minimum atomic E-state index is -4.10. The average Bonchev–Trinajstić information content (AvgIpc) is 2.92. The van der Waals surface area contributed by atoms with Gasteiger partial charge in [0.15, 0.2) is 0 Å². The van der Waals surface area contributed by atoms with Crippen molar-refractivity contribution in [3.63, 3.8) is 0 Å². The number of hydrazone groups is 1. The van der Waals surface area contributed by atoms with Gasteiger partial charge in [0.25, 0.3) is 15.9 Å². The van der Waals surface area contributed by atoms with Crippen molar-refractivity contribution in [1.82, 2.24) is 5.43 Å². The van der Waals surface area contributed by atoms with Crippen molar-refractivity contribution in [1.29, 1.82) is 0 Å². The lowest BCUT2D eigenvalue weighted by Crippen LogP contribution is -2.39. The molecule has 4 rings (SSSR count). The number of benzene rings is 4. The van der Waals surface area contributed by atoms with Crippen LogP contribution in [0, 0.1) is 6.92 Å². The van der Waals surface area contributed by atoms with Crippen LogP contribution in [0.25, 0.3) is 0 Å². The Balaban J connectivity index is 1.41. The zero-order chi connectivity index (χ0) is 27.8. The van der Waals surface area contributed by atoms with Gasteiger partial charge in [-0.25, -0.2) is 13.8 Å². The quantitative estimate of drug-likeness (QED) is 0.178. The summed E-state index contributed by atoms with van der Waals surface area (Å²) in [7, 11) is -4.10. The molecule has 0 saturated heterocycles. The van der Waals surface area contributed by atoms with Gasteiger partial charge in [-0.1, -0.05) is 71.2 Å². The van der Waals surface area contributed by atoms with Crippen molar-refractivity contribution in [2.75, 3.05) is 10.8 Å². The van der Waals surface area contributed by atoms with Crippen LogP contribution in [0.4, 0.5) is 5.69 Å². The van der Waals surface area contributed by atoms with Gasteiger partial charge >= 0.3 is 0 Å². The third kappa shape index (κ3) is 7.83. The predicted molar refractivity (Wildman–Crippen MR) is 155 cm³/mol. The van der Waals surface area contributed by atoms with Gasteiger partial charge in [0.2, 0.25) is 0 Å². The molecule has 0 heterocycles. The molecule has 0 atom stereocenters. The summed E-state index contributed by atoms with van der Waals surface area (Å²) in [6.45, 7) is 1.94. The second-order valence-corrected chi connectivity index (χ2v) is 11.3. The maximum Gasteiger partial charge on any atom is 0.264 e. The number of amides is 1. The molecule has 0 aromatic heterocycles. The van der Waals surface area contributed by atoms with Crippen molar-refractivity contribution in [2.45, 2.75) is 18.4 Å². The fraction of sp³-hybridized carbons (Fsp3) is 0.103. The van der Waals surface area contributed by atoms with E-state index in [0.29, 0.717) is 17.9 Å². The Hall–Kier alpha value is -3.85. The first-order valence-corrected chi connectivity index (χ1v) is 14.0. The highest BCUT2D eigenvalue weighted by atomic mass is 35.5. The monoisotopic (exact) mass is 581 g/mol. The van der Waals surface area contributed by atoms with E-state index >= 15 is 0 Å². The molecule has 7 nitrogen and oxygen atoms in total. The Morgan fingerprint density at radius 3 is 2.21 bits per heavy atom. The third-order valence-corrected chi connectivity index (χ3v) is 7.79. The van der Waals surface area contributed by atoms with Crippen LogP contribution in [0.1, 0.15) is 16.7 Å². The fourth-order valence-electron chi connectivity index (χ4n) is 3.56. The van der Waals surface area contributed by atoms with E-state index in [0.717, 1.165) is 9.87 Å². The Morgan fingerprint density at radius 2 is 1.56 bits per heavy atom. The largest absolute Gasteiger partial charge is 0.489 e. The van der Waals surface area contributed by atoms with Gasteiger partial charge in [-0.3, -0.25) is 9.10 Å². The summed E-state index contributed by atoms with van der Waals surface area (Å²) < 4.78 is 33.5. The number of nitrogens with zero attached hydrogens (tertiary/aromatic N) is 2. The molecular formula is C29H25Cl2N3O4S. The molecule has 0 aliphatic carbocycles. The minimum absolute atomic E-state index is 0.0158. The zero-order valence-corrected chi connectivity index (χ0v) is 23.2. The summed E-state index contributed by atoms with van der Waals surface area (Å²) in [4.78, 5) is 12.8. The highest BCUT2D eigenvalue weighted by molar-refractivity contribution is 7.92. The SMILES string of the molecule is Cc1ccc(COc2ccc(/C=N\NC(=O)CN(c3cc(Cl)cc(Cl)c3)S(=O)(=O)c3ccccc3)cc2)cc1. The summed E-state index contributed by atoms with van der Waals surface area (Å²) in [5.74, 6) is 0.0404. The Morgan fingerprint density at radius 1 is 0.923 bits per heavy atom. The number of anilines is 1. The fourth-order valence-corrected chi connectivity index (χ4v) is 5.50. The number of rotatable bonds is 10. The van der Waals surface area contributed by atoms with Gasteiger partial charge in [0.1, 0.15) is 18.9 Å². The first kappa shape index (κ1) is 28.2. The van der Waals surface area contributed by atoms with E-state index in [9.17, 15) is 13.2 Å². The Labute approximate surface area is 237 Å². The van der Waals surface area contributed by atoms with E-state index in [1.807, 2.05) is 31.2 Å². The molecule has 39 heavy (non-hydrogen) atoms. The maximum absolute atomic E-state index is 13.4. The molecule has 0 aliphatic rings. The summed E-state index contributed by atoms with van der Waals surface area (Å²) in [5, 5.41) is 4.43. The smallest absolute Gasteiger partial charge is 0.264 e. The molecule has 0 radical (unpaired) electrons. The van der Waals surface area contributed by atoms with E-state index in [4.69, 9.17) is 27.9 Å². The lowest BCUT2D eigenvalue weighted by molar-refractivity contribution is -0.119. The van der Waals surface area contributed by atoms with Crippen molar-refractivity contribution >= 4 is 51.0 Å². The van der Waals surface area contributed by atoms with Crippen LogP contribution in [-0.2, 0) is 21.4 Å². The number of hydrogen-bond acceptors (Lipinski definition) is 5. The van der Waals surface area contributed by atoms with Gasteiger partial charge in [0, 0.05) is 10.0 Å². The molecule has 0 aliphatic heterocycles. The zero-order valence-electron chi connectivity index (χ0n) is 20.9. The van der Waals surface area contributed by atoms with Crippen LogP contribution in [0.15, 0.2) is 107 Å². The number of sulfonamides is 1. The number of carbonyl (C=O) groups excluding carboxylic acids is 1. The van der Waals surface area contributed by atoms with Gasteiger partial charge in [-0.15, -0.1) is 0 Å². The van der Waals surface area contributed by atoms with Crippen LogP contribution in [0.2, 0.25) is 10.0 Å². The van der Waals surface area contributed by atoms with Crippen LogP contribution in [0.5, 0.6) is 5.75 Å². The molecule has 0 fully saturated rings. The molecule has 0 saturated carbocycles. The van der Waals surface area contributed by atoms with Crippen molar-refractivity contribution < 1.29 is 17.9 Å². The number of ether oxygens (including phenoxy) is 1. The van der Waals surface area contributed by atoms with E-state index < -0.39 is 22.5 Å². The van der Waals surface area contributed by atoms with Crippen LogP contribution < -0.4 is 14.5 Å². The molecule has 1 amide bonds. The first-order valence-electron chi connectivity index (χ1n) is 11.8. The van der Waals surface area contributed by atoms with E-state index in [-0.39, 0.29) is 20.6 Å². The third-order valence-electron chi connectivity index (χ3n) is 5.56. The molecule has 0 unspecified atom stereocenters. The number of aryl methyl sites for hydroxylation is 1. The lowest BCUT2D eigenvalue weighted by Gasteiger charge is -2.24. The second-order valence-electron chi connectivity index (χ2n) is 8.59. The standard InChI is InChI=1S/C29H25Cl2N3O4S/c1-21-7-9-23(10-8-21)20-38-27-13-11-22(12-14-27)18-32-33-29(35)19-34(26-16-24(30)15-25(31)17-26)39(36,37)28-5-3-2-4-6-28/h2-18H,19-20H2,1H3,(H,33,35)/b32-18-. The molecule has 0 spiro atoms.